The highest BCUT2D eigenvalue weighted by Gasteiger charge is 2.16. The average Bonchev–Trinajstić information content (AvgIpc) is 2.76. The normalized spacial score (nSPS) is 10.9. The van der Waals surface area contributed by atoms with Crippen LogP contribution < -0.4 is 10.9 Å². The third-order valence-corrected chi connectivity index (χ3v) is 4.92. The number of halogens is 1. The molecule has 4 aromatic rings. The van der Waals surface area contributed by atoms with E-state index in [0.717, 1.165) is 16.7 Å². The maximum absolute atomic E-state index is 13.2. The van der Waals surface area contributed by atoms with Crippen molar-refractivity contribution < 1.29 is 9.18 Å². The van der Waals surface area contributed by atoms with E-state index in [1.807, 2.05) is 37.3 Å². The van der Waals surface area contributed by atoms with E-state index in [0.29, 0.717) is 17.6 Å². The SMILES string of the molecule is Cc1ccc(Cn2c(=O)c(C(=O)NCc3ccc(F)cc3)cc3cccnc32)cc1. The summed E-state index contributed by atoms with van der Waals surface area (Å²) in [5.74, 6) is -0.821. The lowest BCUT2D eigenvalue weighted by Crippen LogP contribution is -2.33. The van der Waals surface area contributed by atoms with Gasteiger partial charge in [-0.15, -0.1) is 0 Å². The lowest BCUT2D eigenvalue weighted by molar-refractivity contribution is 0.0949. The number of hydrogen-bond donors (Lipinski definition) is 1. The number of aromatic nitrogens is 2. The zero-order valence-corrected chi connectivity index (χ0v) is 16.4. The summed E-state index contributed by atoms with van der Waals surface area (Å²) in [6.07, 6.45) is 1.63. The summed E-state index contributed by atoms with van der Waals surface area (Å²) in [5.41, 5.74) is 2.98. The predicted octanol–water partition coefficient (Wildman–Crippen LogP) is 3.82. The molecule has 0 saturated heterocycles. The molecule has 0 aliphatic heterocycles. The number of nitrogens with one attached hydrogen (secondary N) is 1. The summed E-state index contributed by atoms with van der Waals surface area (Å²) >= 11 is 0. The van der Waals surface area contributed by atoms with E-state index in [2.05, 4.69) is 10.3 Å². The van der Waals surface area contributed by atoms with Crippen LogP contribution in [0.2, 0.25) is 0 Å². The number of benzene rings is 2. The molecular weight excluding hydrogens is 381 g/mol. The fourth-order valence-electron chi connectivity index (χ4n) is 3.27. The van der Waals surface area contributed by atoms with Gasteiger partial charge >= 0.3 is 0 Å². The molecule has 6 heteroatoms. The molecule has 2 aromatic carbocycles. The van der Waals surface area contributed by atoms with E-state index in [-0.39, 0.29) is 17.9 Å². The highest BCUT2D eigenvalue weighted by Crippen LogP contribution is 2.14. The van der Waals surface area contributed by atoms with Gasteiger partial charge in [0.2, 0.25) is 0 Å². The molecule has 2 aromatic heterocycles. The summed E-state index contributed by atoms with van der Waals surface area (Å²) in [7, 11) is 0. The van der Waals surface area contributed by atoms with Crippen LogP contribution in [0.1, 0.15) is 27.0 Å². The Morgan fingerprint density at radius 3 is 2.47 bits per heavy atom. The Bertz CT molecular complexity index is 1260. The molecule has 0 aliphatic rings. The van der Waals surface area contributed by atoms with Crippen molar-refractivity contribution in [1.29, 1.82) is 0 Å². The first kappa shape index (κ1) is 19.5. The molecule has 1 N–H and O–H groups in total. The number of carbonyl (C=O) groups is 1. The van der Waals surface area contributed by atoms with Gasteiger partial charge in [-0.25, -0.2) is 9.37 Å². The summed E-state index contributed by atoms with van der Waals surface area (Å²) in [6.45, 7) is 2.51. The van der Waals surface area contributed by atoms with Gasteiger partial charge in [0, 0.05) is 18.1 Å². The van der Waals surface area contributed by atoms with Crippen molar-refractivity contribution >= 4 is 16.9 Å². The van der Waals surface area contributed by atoms with Gasteiger partial charge in [-0.05, 0) is 48.4 Å². The molecule has 150 valence electrons. The molecule has 4 rings (SSSR count). The molecule has 0 unspecified atom stereocenters. The van der Waals surface area contributed by atoms with E-state index in [1.165, 1.54) is 16.7 Å². The molecule has 1 amide bonds. The van der Waals surface area contributed by atoms with Crippen LogP contribution in [0.4, 0.5) is 4.39 Å². The fourth-order valence-corrected chi connectivity index (χ4v) is 3.27. The number of hydrogen-bond acceptors (Lipinski definition) is 3. The molecule has 30 heavy (non-hydrogen) atoms. The molecule has 0 radical (unpaired) electrons. The summed E-state index contributed by atoms with van der Waals surface area (Å²) in [6, 6.07) is 18.9. The van der Waals surface area contributed by atoms with Gasteiger partial charge in [0.25, 0.3) is 11.5 Å². The zero-order valence-electron chi connectivity index (χ0n) is 16.4. The minimum atomic E-state index is -0.479. The monoisotopic (exact) mass is 401 g/mol. The Labute approximate surface area is 172 Å². The predicted molar refractivity (Wildman–Crippen MR) is 114 cm³/mol. The number of amides is 1. The minimum absolute atomic E-state index is 0.0460. The second-order valence-electron chi connectivity index (χ2n) is 7.16. The van der Waals surface area contributed by atoms with E-state index < -0.39 is 11.5 Å². The van der Waals surface area contributed by atoms with Crippen LogP contribution in [0.5, 0.6) is 0 Å². The summed E-state index contributed by atoms with van der Waals surface area (Å²) in [4.78, 5) is 30.3. The van der Waals surface area contributed by atoms with Crippen LogP contribution in [-0.2, 0) is 13.1 Å². The van der Waals surface area contributed by atoms with E-state index in [1.54, 1.807) is 30.5 Å². The molecule has 0 saturated carbocycles. The Morgan fingerprint density at radius 1 is 1.03 bits per heavy atom. The maximum Gasteiger partial charge on any atom is 0.265 e. The van der Waals surface area contributed by atoms with Gasteiger partial charge in [0.05, 0.1) is 6.54 Å². The maximum atomic E-state index is 13.2. The summed E-state index contributed by atoms with van der Waals surface area (Å²) < 4.78 is 14.6. The second-order valence-corrected chi connectivity index (χ2v) is 7.16. The lowest BCUT2D eigenvalue weighted by Gasteiger charge is -2.13. The fraction of sp³-hybridized carbons (Fsp3) is 0.125. The van der Waals surface area contributed by atoms with Crippen molar-refractivity contribution in [2.24, 2.45) is 0 Å². The number of pyridine rings is 2. The highest BCUT2D eigenvalue weighted by molar-refractivity contribution is 5.96. The molecule has 0 spiro atoms. The average molecular weight is 401 g/mol. The van der Waals surface area contributed by atoms with Crippen LogP contribution in [0.3, 0.4) is 0 Å². The van der Waals surface area contributed by atoms with Crippen LogP contribution in [-0.4, -0.2) is 15.5 Å². The molecule has 0 atom stereocenters. The molecule has 0 aliphatic carbocycles. The standard InChI is InChI=1S/C24H20FN3O2/c1-16-4-6-18(7-5-16)15-28-22-19(3-2-12-26-22)13-21(24(28)30)23(29)27-14-17-8-10-20(25)11-9-17/h2-13H,14-15H2,1H3,(H,27,29). The molecule has 2 heterocycles. The van der Waals surface area contributed by atoms with Crippen LogP contribution in [0, 0.1) is 12.7 Å². The van der Waals surface area contributed by atoms with Crippen molar-refractivity contribution in [2.45, 2.75) is 20.0 Å². The van der Waals surface area contributed by atoms with Gasteiger partial charge in [-0.2, -0.15) is 0 Å². The number of fused-ring (bicyclic) bond motifs is 1. The number of aryl methyl sites for hydroxylation is 1. The lowest BCUT2D eigenvalue weighted by atomic mass is 10.1. The molecule has 5 nitrogen and oxygen atoms in total. The van der Waals surface area contributed by atoms with Crippen molar-refractivity contribution in [2.75, 3.05) is 0 Å². The first-order valence-corrected chi connectivity index (χ1v) is 9.58. The summed E-state index contributed by atoms with van der Waals surface area (Å²) in [5, 5.41) is 3.45. The second kappa shape index (κ2) is 8.29. The Balaban J connectivity index is 1.68. The first-order chi connectivity index (χ1) is 14.5. The van der Waals surface area contributed by atoms with Crippen molar-refractivity contribution in [1.82, 2.24) is 14.9 Å². The largest absolute Gasteiger partial charge is 0.348 e. The van der Waals surface area contributed by atoms with Crippen LogP contribution >= 0.6 is 0 Å². The number of carbonyl (C=O) groups excluding carboxylic acids is 1. The van der Waals surface area contributed by atoms with E-state index >= 15 is 0 Å². The van der Waals surface area contributed by atoms with Gasteiger partial charge in [-0.1, -0.05) is 42.0 Å². The zero-order chi connectivity index (χ0) is 21.1. The Kier molecular flexibility index (Phi) is 5.39. The van der Waals surface area contributed by atoms with Crippen molar-refractivity contribution in [3.05, 3.63) is 111 Å². The Hall–Kier alpha value is -3.80. The van der Waals surface area contributed by atoms with Gasteiger partial charge in [0.15, 0.2) is 0 Å². The number of rotatable bonds is 5. The minimum Gasteiger partial charge on any atom is -0.348 e. The third-order valence-electron chi connectivity index (χ3n) is 4.92. The Morgan fingerprint density at radius 2 is 1.73 bits per heavy atom. The highest BCUT2D eigenvalue weighted by atomic mass is 19.1. The smallest absolute Gasteiger partial charge is 0.265 e. The van der Waals surface area contributed by atoms with Gasteiger partial charge < -0.3 is 5.32 Å². The van der Waals surface area contributed by atoms with Crippen LogP contribution in [0.15, 0.2) is 77.7 Å². The van der Waals surface area contributed by atoms with Crippen molar-refractivity contribution in [3.8, 4) is 0 Å². The number of nitrogens with zero attached hydrogens (tertiary/aromatic N) is 2. The third kappa shape index (κ3) is 4.12. The quantitative estimate of drug-likeness (QED) is 0.553. The molecule has 0 fully saturated rings. The van der Waals surface area contributed by atoms with E-state index in [9.17, 15) is 14.0 Å². The molecule has 0 bridgehead atoms. The topological polar surface area (TPSA) is 64.0 Å². The van der Waals surface area contributed by atoms with Crippen LogP contribution in [0.25, 0.3) is 11.0 Å². The van der Waals surface area contributed by atoms with Gasteiger partial charge in [0.1, 0.15) is 17.0 Å². The van der Waals surface area contributed by atoms with E-state index in [4.69, 9.17) is 0 Å². The first-order valence-electron chi connectivity index (χ1n) is 9.58. The van der Waals surface area contributed by atoms with Crippen molar-refractivity contribution in [3.63, 3.8) is 0 Å². The molecular formula is C24H20FN3O2. The van der Waals surface area contributed by atoms with Gasteiger partial charge in [-0.3, -0.25) is 14.2 Å².